The number of carbonyl (C=O) groups is 1. The smallest absolute Gasteiger partial charge is 0.255 e. The van der Waals surface area contributed by atoms with Gasteiger partial charge in [-0.2, -0.15) is 0 Å². The van der Waals surface area contributed by atoms with Crippen LogP contribution in [0.4, 0.5) is 0 Å². The van der Waals surface area contributed by atoms with Gasteiger partial charge in [0.1, 0.15) is 11.5 Å². The number of amides is 1. The van der Waals surface area contributed by atoms with Crippen LogP contribution in [0.5, 0.6) is 0 Å². The summed E-state index contributed by atoms with van der Waals surface area (Å²) in [4.78, 5) is 12.2. The van der Waals surface area contributed by atoms with E-state index in [0.717, 1.165) is 18.6 Å². The quantitative estimate of drug-likeness (QED) is 0.840. The predicted octanol–water partition coefficient (Wildman–Crippen LogP) is 1.91. The van der Waals surface area contributed by atoms with Gasteiger partial charge in [-0.25, -0.2) is 0 Å². The van der Waals surface area contributed by atoms with E-state index in [4.69, 9.17) is 4.42 Å². The van der Waals surface area contributed by atoms with Crippen LogP contribution in [0.15, 0.2) is 10.5 Å². The van der Waals surface area contributed by atoms with Gasteiger partial charge < -0.3 is 15.1 Å². The monoisotopic (exact) mass is 248 g/mol. The molecule has 2 N–H and O–H groups in total. The maximum absolute atomic E-state index is 12.2. The minimum Gasteiger partial charge on any atom is -0.466 e. The number of furan rings is 1. The van der Waals surface area contributed by atoms with Gasteiger partial charge in [0.15, 0.2) is 0 Å². The molecule has 1 aromatic heterocycles. The van der Waals surface area contributed by atoms with E-state index in [0.29, 0.717) is 29.4 Å². The zero-order chi connectivity index (χ0) is 12.7. The van der Waals surface area contributed by atoms with E-state index in [-0.39, 0.29) is 5.91 Å². The average Bonchev–Trinajstić information content (AvgIpc) is 2.81. The van der Waals surface area contributed by atoms with E-state index >= 15 is 0 Å². The van der Waals surface area contributed by atoms with Crippen LogP contribution in [0, 0.1) is 13.8 Å². The number of fused-ring (bicyclic) bond motifs is 2. The topological polar surface area (TPSA) is 54.3 Å². The summed E-state index contributed by atoms with van der Waals surface area (Å²) in [5.41, 5.74) is 0.679. The van der Waals surface area contributed by atoms with Gasteiger partial charge in [-0.1, -0.05) is 0 Å². The number of carbonyl (C=O) groups excluding carboxylic acids is 1. The van der Waals surface area contributed by atoms with E-state index in [1.807, 2.05) is 19.9 Å². The van der Waals surface area contributed by atoms with Crippen LogP contribution in [0.3, 0.4) is 0 Å². The number of aryl methyl sites for hydroxylation is 2. The van der Waals surface area contributed by atoms with Crippen molar-refractivity contribution in [3.8, 4) is 0 Å². The molecule has 2 atom stereocenters. The van der Waals surface area contributed by atoms with Crippen LogP contribution >= 0.6 is 0 Å². The highest BCUT2D eigenvalue weighted by Gasteiger charge is 2.34. The third-order valence-electron chi connectivity index (χ3n) is 4.09. The molecule has 1 aromatic rings. The molecule has 0 spiro atoms. The van der Waals surface area contributed by atoms with Crippen molar-refractivity contribution in [3.05, 3.63) is 23.2 Å². The fourth-order valence-electron chi connectivity index (χ4n) is 3.29. The van der Waals surface area contributed by atoms with Crippen molar-refractivity contribution in [2.24, 2.45) is 0 Å². The fraction of sp³-hybridized carbons (Fsp3) is 0.643. The molecule has 0 aromatic carbocycles. The molecule has 2 fully saturated rings. The lowest BCUT2D eigenvalue weighted by Gasteiger charge is -2.29. The fourth-order valence-corrected chi connectivity index (χ4v) is 3.29. The van der Waals surface area contributed by atoms with Crippen LogP contribution in [-0.4, -0.2) is 24.0 Å². The lowest BCUT2D eigenvalue weighted by molar-refractivity contribution is 0.0922. The van der Waals surface area contributed by atoms with Crippen molar-refractivity contribution in [3.63, 3.8) is 0 Å². The molecule has 2 bridgehead atoms. The molecule has 3 rings (SSSR count). The van der Waals surface area contributed by atoms with E-state index < -0.39 is 0 Å². The molecule has 4 heteroatoms. The maximum atomic E-state index is 12.2. The van der Waals surface area contributed by atoms with E-state index in [1.54, 1.807) is 0 Å². The van der Waals surface area contributed by atoms with Crippen LogP contribution in [0.2, 0.25) is 0 Å². The minimum absolute atomic E-state index is 0.00986. The van der Waals surface area contributed by atoms with Crippen LogP contribution < -0.4 is 10.6 Å². The summed E-state index contributed by atoms with van der Waals surface area (Å²) >= 11 is 0. The second-order valence-corrected chi connectivity index (χ2v) is 5.61. The Kier molecular flexibility index (Phi) is 2.90. The first kappa shape index (κ1) is 11.8. The molecule has 3 heterocycles. The van der Waals surface area contributed by atoms with Crippen molar-refractivity contribution >= 4 is 5.91 Å². The Bertz CT molecular complexity index is 454. The molecule has 2 aliphatic rings. The predicted molar refractivity (Wildman–Crippen MR) is 68.6 cm³/mol. The molecular formula is C14H20N2O2. The summed E-state index contributed by atoms with van der Waals surface area (Å²) in [6.07, 6.45) is 4.61. The van der Waals surface area contributed by atoms with Gasteiger partial charge in [-0.3, -0.25) is 4.79 Å². The van der Waals surface area contributed by atoms with Crippen molar-refractivity contribution in [1.29, 1.82) is 0 Å². The van der Waals surface area contributed by atoms with Crippen molar-refractivity contribution in [2.75, 3.05) is 0 Å². The van der Waals surface area contributed by atoms with Gasteiger partial charge in [0.25, 0.3) is 5.91 Å². The molecule has 1 amide bonds. The molecule has 0 aliphatic carbocycles. The molecule has 2 aliphatic heterocycles. The third-order valence-corrected chi connectivity index (χ3v) is 4.09. The summed E-state index contributed by atoms with van der Waals surface area (Å²) in [5.74, 6) is 1.51. The molecular weight excluding hydrogens is 228 g/mol. The Hall–Kier alpha value is -1.29. The van der Waals surface area contributed by atoms with E-state index in [9.17, 15) is 4.79 Å². The highest BCUT2D eigenvalue weighted by Crippen LogP contribution is 2.27. The average molecular weight is 248 g/mol. The second kappa shape index (κ2) is 4.43. The van der Waals surface area contributed by atoms with Gasteiger partial charge in [0.2, 0.25) is 0 Å². The van der Waals surface area contributed by atoms with Crippen molar-refractivity contribution in [2.45, 2.75) is 57.7 Å². The molecule has 4 nitrogen and oxygen atoms in total. The lowest BCUT2D eigenvalue weighted by Crippen LogP contribution is -2.48. The molecule has 0 radical (unpaired) electrons. The Morgan fingerprint density at radius 1 is 1.33 bits per heavy atom. The first-order chi connectivity index (χ1) is 8.61. The SMILES string of the molecule is Cc1cc(C(=O)NC2CC3CCC(C2)N3)c(C)o1. The zero-order valence-electron chi connectivity index (χ0n) is 11.0. The Labute approximate surface area is 107 Å². The Balaban J connectivity index is 1.66. The van der Waals surface area contributed by atoms with E-state index in [1.165, 1.54) is 12.8 Å². The first-order valence-electron chi connectivity index (χ1n) is 6.76. The second-order valence-electron chi connectivity index (χ2n) is 5.61. The highest BCUT2D eigenvalue weighted by atomic mass is 16.3. The number of rotatable bonds is 2. The highest BCUT2D eigenvalue weighted by molar-refractivity contribution is 5.95. The number of hydrogen-bond donors (Lipinski definition) is 2. The maximum Gasteiger partial charge on any atom is 0.255 e. The number of hydrogen-bond acceptors (Lipinski definition) is 3. The largest absolute Gasteiger partial charge is 0.466 e. The summed E-state index contributed by atoms with van der Waals surface area (Å²) in [7, 11) is 0. The third kappa shape index (κ3) is 2.17. The minimum atomic E-state index is 0.00986. The Morgan fingerprint density at radius 2 is 2.00 bits per heavy atom. The molecule has 18 heavy (non-hydrogen) atoms. The van der Waals surface area contributed by atoms with Gasteiger partial charge in [0.05, 0.1) is 5.56 Å². The summed E-state index contributed by atoms with van der Waals surface area (Å²) < 4.78 is 5.41. The summed E-state index contributed by atoms with van der Waals surface area (Å²) in [5, 5.41) is 6.73. The number of nitrogens with one attached hydrogen (secondary N) is 2. The summed E-state index contributed by atoms with van der Waals surface area (Å²) in [6, 6.07) is 3.33. The summed E-state index contributed by atoms with van der Waals surface area (Å²) in [6.45, 7) is 3.71. The molecule has 2 saturated heterocycles. The van der Waals surface area contributed by atoms with E-state index in [2.05, 4.69) is 10.6 Å². The normalized spacial score (nSPS) is 30.4. The van der Waals surface area contributed by atoms with Crippen molar-refractivity contribution in [1.82, 2.24) is 10.6 Å². The van der Waals surface area contributed by atoms with Crippen molar-refractivity contribution < 1.29 is 9.21 Å². The van der Waals surface area contributed by atoms with Crippen LogP contribution in [0.1, 0.15) is 47.6 Å². The first-order valence-corrected chi connectivity index (χ1v) is 6.76. The Morgan fingerprint density at radius 3 is 2.56 bits per heavy atom. The van der Waals surface area contributed by atoms with Gasteiger partial charge >= 0.3 is 0 Å². The zero-order valence-corrected chi connectivity index (χ0v) is 11.0. The number of piperidine rings is 1. The molecule has 0 saturated carbocycles. The van der Waals surface area contributed by atoms with Crippen LogP contribution in [0.25, 0.3) is 0 Å². The van der Waals surface area contributed by atoms with Gasteiger partial charge in [-0.05, 0) is 45.6 Å². The molecule has 2 unspecified atom stereocenters. The molecule has 98 valence electrons. The standard InChI is InChI=1S/C14H20N2O2/c1-8-5-13(9(2)18-8)14(17)16-12-6-10-3-4-11(7-12)15-10/h5,10-12,15H,3-4,6-7H2,1-2H3,(H,16,17). The van der Waals surface area contributed by atoms with Crippen LogP contribution in [-0.2, 0) is 0 Å². The van der Waals surface area contributed by atoms with Gasteiger partial charge in [-0.15, -0.1) is 0 Å². The van der Waals surface area contributed by atoms with Gasteiger partial charge in [0, 0.05) is 18.1 Å². The lowest BCUT2D eigenvalue weighted by atomic mass is 9.99.